The van der Waals surface area contributed by atoms with Crippen molar-refractivity contribution in [2.75, 3.05) is 13.2 Å². The molecule has 3 heteroatoms. The van der Waals surface area contributed by atoms with Crippen LogP contribution in [0.4, 0.5) is 0 Å². The van der Waals surface area contributed by atoms with Gasteiger partial charge in [-0.15, -0.1) is 0 Å². The van der Waals surface area contributed by atoms with Crippen LogP contribution in [0.1, 0.15) is 58.8 Å². The van der Waals surface area contributed by atoms with E-state index in [1.807, 2.05) is 0 Å². The maximum atomic E-state index is 12.0. The lowest BCUT2D eigenvalue weighted by molar-refractivity contribution is -0.151. The quantitative estimate of drug-likeness (QED) is 0.537. The van der Waals surface area contributed by atoms with Crippen LogP contribution in [0.15, 0.2) is 0 Å². The highest BCUT2D eigenvalue weighted by Crippen LogP contribution is 2.26. The van der Waals surface area contributed by atoms with E-state index in [0.717, 1.165) is 51.5 Å². The Kier molecular flexibility index (Phi) is 5.81. The number of unbranched alkanes of at least 4 members (excludes halogenated alkanes) is 2. The van der Waals surface area contributed by atoms with Gasteiger partial charge in [-0.2, -0.15) is 0 Å². The molecule has 1 heterocycles. The molecule has 0 aromatic carbocycles. The Balaban J connectivity index is 2.36. The molecule has 3 nitrogen and oxygen atoms in total. The Morgan fingerprint density at radius 2 is 2.12 bits per heavy atom. The Morgan fingerprint density at radius 3 is 2.69 bits per heavy atom. The zero-order chi connectivity index (χ0) is 11.9. The van der Waals surface area contributed by atoms with Crippen LogP contribution in [0.2, 0.25) is 0 Å². The van der Waals surface area contributed by atoms with Crippen molar-refractivity contribution in [3.05, 3.63) is 0 Å². The molecule has 1 rings (SSSR count). The minimum absolute atomic E-state index is 0.0250. The number of rotatable bonds is 7. The average molecular weight is 227 g/mol. The van der Waals surface area contributed by atoms with E-state index in [1.165, 1.54) is 0 Å². The third kappa shape index (κ3) is 3.48. The van der Waals surface area contributed by atoms with Crippen molar-refractivity contribution in [2.24, 2.45) is 0 Å². The lowest BCUT2D eigenvalue weighted by Crippen LogP contribution is -2.48. The smallest absolute Gasteiger partial charge is 0.326 e. The molecule has 0 bridgehead atoms. The van der Waals surface area contributed by atoms with Crippen LogP contribution in [-0.2, 0) is 9.53 Å². The molecule has 0 aromatic heterocycles. The predicted molar refractivity (Wildman–Crippen MR) is 65.4 cm³/mol. The van der Waals surface area contributed by atoms with Gasteiger partial charge in [0.05, 0.1) is 6.61 Å². The van der Waals surface area contributed by atoms with Crippen LogP contribution in [0.5, 0.6) is 0 Å². The van der Waals surface area contributed by atoms with E-state index in [-0.39, 0.29) is 11.5 Å². The Morgan fingerprint density at radius 1 is 1.31 bits per heavy atom. The fourth-order valence-electron chi connectivity index (χ4n) is 2.38. The standard InChI is InChI=1S/C13H25NO2/c1-3-5-6-11-16-12(15)13(8-4-2)9-7-10-14-13/h14H,3-11H2,1-2H3. The van der Waals surface area contributed by atoms with Crippen molar-refractivity contribution in [3.8, 4) is 0 Å². The first kappa shape index (κ1) is 13.5. The van der Waals surface area contributed by atoms with Gasteiger partial charge in [-0.1, -0.05) is 33.1 Å². The molecular formula is C13H25NO2. The molecule has 1 atom stereocenters. The van der Waals surface area contributed by atoms with Crippen LogP contribution in [-0.4, -0.2) is 24.7 Å². The van der Waals surface area contributed by atoms with Crippen LogP contribution in [0.3, 0.4) is 0 Å². The van der Waals surface area contributed by atoms with Gasteiger partial charge >= 0.3 is 5.97 Å². The molecule has 0 aromatic rings. The van der Waals surface area contributed by atoms with Crippen molar-refractivity contribution in [1.29, 1.82) is 0 Å². The molecule has 1 saturated heterocycles. The van der Waals surface area contributed by atoms with Crippen LogP contribution >= 0.6 is 0 Å². The fraction of sp³-hybridized carbons (Fsp3) is 0.923. The number of carbonyl (C=O) groups is 1. The number of carbonyl (C=O) groups excluding carboxylic acids is 1. The van der Waals surface area contributed by atoms with Gasteiger partial charge in [0.2, 0.25) is 0 Å². The zero-order valence-electron chi connectivity index (χ0n) is 10.7. The number of esters is 1. The second-order valence-electron chi connectivity index (χ2n) is 4.71. The predicted octanol–water partition coefficient (Wildman–Crippen LogP) is 2.64. The third-order valence-corrected chi connectivity index (χ3v) is 3.29. The number of hydrogen-bond acceptors (Lipinski definition) is 3. The molecule has 0 amide bonds. The van der Waals surface area contributed by atoms with E-state index in [2.05, 4.69) is 19.2 Å². The topological polar surface area (TPSA) is 38.3 Å². The summed E-state index contributed by atoms with van der Waals surface area (Å²) in [6, 6.07) is 0. The Bertz CT molecular complexity index is 210. The SMILES string of the molecule is CCCCCOC(=O)C1(CCC)CCCN1. The van der Waals surface area contributed by atoms with Gasteiger partial charge in [0.1, 0.15) is 5.54 Å². The Labute approximate surface area is 98.9 Å². The summed E-state index contributed by atoms with van der Waals surface area (Å²) in [6.07, 6.45) is 7.25. The summed E-state index contributed by atoms with van der Waals surface area (Å²) in [4.78, 5) is 12.0. The molecule has 0 radical (unpaired) electrons. The van der Waals surface area contributed by atoms with Crippen molar-refractivity contribution in [2.45, 2.75) is 64.3 Å². The normalized spacial score (nSPS) is 24.6. The molecular weight excluding hydrogens is 202 g/mol. The average Bonchev–Trinajstić information content (AvgIpc) is 2.74. The van der Waals surface area contributed by atoms with E-state index < -0.39 is 0 Å². The molecule has 1 aliphatic heterocycles. The van der Waals surface area contributed by atoms with Gasteiger partial charge in [0, 0.05) is 0 Å². The number of hydrogen-bond donors (Lipinski definition) is 1. The summed E-state index contributed by atoms with van der Waals surface area (Å²) < 4.78 is 5.38. The molecule has 16 heavy (non-hydrogen) atoms. The monoisotopic (exact) mass is 227 g/mol. The lowest BCUT2D eigenvalue weighted by Gasteiger charge is -2.26. The molecule has 1 aliphatic rings. The van der Waals surface area contributed by atoms with Crippen molar-refractivity contribution in [1.82, 2.24) is 5.32 Å². The molecule has 94 valence electrons. The highest BCUT2D eigenvalue weighted by Gasteiger charge is 2.41. The summed E-state index contributed by atoms with van der Waals surface area (Å²) in [6.45, 7) is 5.80. The van der Waals surface area contributed by atoms with E-state index in [9.17, 15) is 4.79 Å². The largest absolute Gasteiger partial charge is 0.464 e. The third-order valence-electron chi connectivity index (χ3n) is 3.29. The summed E-state index contributed by atoms with van der Waals surface area (Å²) >= 11 is 0. The second kappa shape index (κ2) is 6.89. The first-order valence-electron chi connectivity index (χ1n) is 6.67. The van der Waals surface area contributed by atoms with Gasteiger partial charge in [-0.25, -0.2) is 0 Å². The first-order chi connectivity index (χ1) is 7.75. The highest BCUT2D eigenvalue weighted by molar-refractivity contribution is 5.81. The summed E-state index contributed by atoms with van der Waals surface area (Å²) in [5.41, 5.74) is -0.360. The molecule has 0 aliphatic carbocycles. The van der Waals surface area contributed by atoms with Gasteiger partial charge in [-0.3, -0.25) is 4.79 Å². The van der Waals surface area contributed by atoms with Crippen molar-refractivity contribution >= 4 is 5.97 Å². The van der Waals surface area contributed by atoms with E-state index in [0.29, 0.717) is 6.61 Å². The minimum Gasteiger partial charge on any atom is -0.464 e. The second-order valence-corrected chi connectivity index (χ2v) is 4.71. The number of ether oxygens (including phenoxy) is 1. The molecule has 1 N–H and O–H groups in total. The zero-order valence-corrected chi connectivity index (χ0v) is 10.7. The van der Waals surface area contributed by atoms with E-state index in [4.69, 9.17) is 4.74 Å². The van der Waals surface area contributed by atoms with Crippen LogP contribution < -0.4 is 5.32 Å². The van der Waals surface area contributed by atoms with E-state index in [1.54, 1.807) is 0 Å². The van der Waals surface area contributed by atoms with Gasteiger partial charge in [-0.05, 0) is 32.2 Å². The molecule has 0 spiro atoms. The van der Waals surface area contributed by atoms with E-state index >= 15 is 0 Å². The van der Waals surface area contributed by atoms with Gasteiger partial charge in [0.15, 0.2) is 0 Å². The van der Waals surface area contributed by atoms with Gasteiger partial charge in [0.25, 0.3) is 0 Å². The molecule has 1 unspecified atom stereocenters. The summed E-state index contributed by atoms with van der Waals surface area (Å²) in [5, 5.41) is 3.34. The summed E-state index contributed by atoms with van der Waals surface area (Å²) in [7, 11) is 0. The molecule has 0 saturated carbocycles. The fourth-order valence-corrected chi connectivity index (χ4v) is 2.38. The van der Waals surface area contributed by atoms with Gasteiger partial charge < -0.3 is 10.1 Å². The maximum Gasteiger partial charge on any atom is 0.326 e. The maximum absolute atomic E-state index is 12.0. The first-order valence-corrected chi connectivity index (χ1v) is 6.67. The van der Waals surface area contributed by atoms with Crippen molar-refractivity contribution in [3.63, 3.8) is 0 Å². The Hall–Kier alpha value is -0.570. The van der Waals surface area contributed by atoms with Crippen molar-refractivity contribution < 1.29 is 9.53 Å². The van der Waals surface area contributed by atoms with Crippen LogP contribution in [0, 0.1) is 0 Å². The highest BCUT2D eigenvalue weighted by atomic mass is 16.5. The summed E-state index contributed by atoms with van der Waals surface area (Å²) in [5.74, 6) is -0.0250. The van der Waals surface area contributed by atoms with Crippen LogP contribution in [0.25, 0.3) is 0 Å². The lowest BCUT2D eigenvalue weighted by atomic mass is 9.92. The minimum atomic E-state index is -0.360. The number of nitrogens with one attached hydrogen (secondary N) is 1. The molecule has 1 fully saturated rings.